The molecule has 0 atom stereocenters. The zero-order valence-electron chi connectivity index (χ0n) is 17.8. The van der Waals surface area contributed by atoms with E-state index in [1.807, 2.05) is 42.5 Å². The number of hydrogen-bond acceptors (Lipinski definition) is 5. The summed E-state index contributed by atoms with van der Waals surface area (Å²) < 4.78 is 22.4. The highest BCUT2D eigenvalue weighted by Gasteiger charge is 2.17. The van der Waals surface area contributed by atoms with Gasteiger partial charge in [-0.25, -0.2) is 0 Å². The molecular formula is C26H21ClO5. The highest BCUT2D eigenvalue weighted by molar-refractivity contribution is 6.31. The Hall–Kier alpha value is -3.70. The lowest BCUT2D eigenvalue weighted by Crippen LogP contribution is -2.02. The maximum absolute atomic E-state index is 12.8. The van der Waals surface area contributed by atoms with E-state index in [9.17, 15) is 4.79 Å². The van der Waals surface area contributed by atoms with Gasteiger partial charge in [-0.15, -0.1) is 0 Å². The number of halogens is 1. The molecule has 162 valence electrons. The van der Waals surface area contributed by atoms with Crippen LogP contribution in [0, 0.1) is 0 Å². The molecule has 0 amide bonds. The van der Waals surface area contributed by atoms with Gasteiger partial charge in [0.2, 0.25) is 0 Å². The van der Waals surface area contributed by atoms with Crippen molar-refractivity contribution in [3.63, 3.8) is 0 Å². The van der Waals surface area contributed by atoms with Crippen molar-refractivity contribution < 1.29 is 18.6 Å². The van der Waals surface area contributed by atoms with Gasteiger partial charge in [0.1, 0.15) is 28.6 Å². The molecule has 0 spiro atoms. The van der Waals surface area contributed by atoms with Gasteiger partial charge < -0.3 is 18.6 Å². The Labute approximate surface area is 190 Å². The van der Waals surface area contributed by atoms with Crippen LogP contribution in [-0.4, -0.2) is 21.3 Å². The van der Waals surface area contributed by atoms with Gasteiger partial charge in [-0.2, -0.15) is 0 Å². The minimum absolute atomic E-state index is 0.188. The van der Waals surface area contributed by atoms with Gasteiger partial charge in [0.15, 0.2) is 5.43 Å². The van der Waals surface area contributed by atoms with Crippen LogP contribution < -0.4 is 19.6 Å². The van der Waals surface area contributed by atoms with Crippen molar-refractivity contribution in [1.82, 2.24) is 0 Å². The summed E-state index contributed by atoms with van der Waals surface area (Å²) in [6, 6.07) is 17.7. The molecule has 1 heterocycles. The molecule has 0 aliphatic carbocycles. The van der Waals surface area contributed by atoms with E-state index in [4.69, 9.17) is 30.2 Å². The molecule has 0 saturated carbocycles. The Morgan fingerprint density at radius 2 is 1.56 bits per heavy atom. The first-order valence-corrected chi connectivity index (χ1v) is 10.2. The first kappa shape index (κ1) is 21.5. The maximum atomic E-state index is 12.8. The molecule has 0 aliphatic heterocycles. The Morgan fingerprint density at radius 1 is 0.812 bits per heavy atom. The summed E-state index contributed by atoms with van der Waals surface area (Å²) >= 11 is 6.04. The SMILES string of the molecule is COc1ccc(/C=C/c2cc(OC)cc(OC)c2-c2cc(=O)c3cc(Cl)ccc3o2)cc1. The van der Waals surface area contributed by atoms with Crippen molar-refractivity contribution in [2.75, 3.05) is 21.3 Å². The van der Waals surface area contributed by atoms with E-state index >= 15 is 0 Å². The van der Waals surface area contributed by atoms with Crippen LogP contribution in [0.15, 0.2) is 69.9 Å². The van der Waals surface area contributed by atoms with Gasteiger partial charge in [-0.3, -0.25) is 4.79 Å². The van der Waals surface area contributed by atoms with Crippen molar-refractivity contribution in [2.24, 2.45) is 0 Å². The number of hydrogen-bond donors (Lipinski definition) is 0. The van der Waals surface area contributed by atoms with Crippen LogP contribution in [0.2, 0.25) is 5.02 Å². The topological polar surface area (TPSA) is 57.9 Å². The summed E-state index contributed by atoms with van der Waals surface area (Å²) in [5.41, 5.74) is 2.65. The second-order valence-electron chi connectivity index (χ2n) is 7.02. The summed E-state index contributed by atoms with van der Waals surface area (Å²) in [4.78, 5) is 12.8. The second-order valence-corrected chi connectivity index (χ2v) is 7.45. The molecule has 32 heavy (non-hydrogen) atoms. The van der Waals surface area contributed by atoms with Crippen LogP contribution >= 0.6 is 11.6 Å². The summed E-state index contributed by atoms with van der Waals surface area (Å²) in [5, 5.41) is 0.895. The van der Waals surface area contributed by atoms with E-state index in [2.05, 4.69) is 0 Å². The zero-order chi connectivity index (χ0) is 22.7. The predicted octanol–water partition coefficient (Wildman–Crippen LogP) is 6.31. The van der Waals surface area contributed by atoms with E-state index in [-0.39, 0.29) is 5.43 Å². The molecule has 0 N–H and O–H groups in total. The van der Waals surface area contributed by atoms with Gasteiger partial charge in [0, 0.05) is 17.2 Å². The molecule has 4 rings (SSSR count). The third kappa shape index (κ3) is 4.34. The van der Waals surface area contributed by atoms with Crippen LogP contribution in [0.4, 0.5) is 0 Å². The van der Waals surface area contributed by atoms with E-state index in [1.165, 1.54) is 6.07 Å². The van der Waals surface area contributed by atoms with Gasteiger partial charge in [-0.05, 0) is 47.5 Å². The lowest BCUT2D eigenvalue weighted by molar-refractivity contribution is 0.394. The van der Waals surface area contributed by atoms with Crippen molar-refractivity contribution in [1.29, 1.82) is 0 Å². The lowest BCUT2D eigenvalue weighted by atomic mass is 10.0. The van der Waals surface area contributed by atoms with Crippen molar-refractivity contribution in [2.45, 2.75) is 0 Å². The highest BCUT2D eigenvalue weighted by Crippen LogP contribution is 2.38. The summed E-state index contributed by atoms with van der Waals surface area (Å²) in [6.07, 6.45) is 3.88. The third-order valence-corrected chi connectivity index (χ3v) is 5.30. The standard InChI is InChI=1S/C26H21ClO5/c1-29-19-9-5-16(6-10-19)4-7-17-12-20(30-2)14-24(31-3)26(17)25-15-22(28)21-13-18(27)8-11-23(21)32-25/h4-15H,1-3H3/b7-4+. The molecule has 1 aromatic heterocycles. The lowest BCUT2D eigenvalue weighted by Gasteiger charge is -2.14. The predicted molar refractivity (Wildman–Crippen MR) is 128 cm³/mol. The first-order valence-electron chi connectivity index (χ1n) is 9.84. The third-order valence-electron chi connectivity index (χ3n) is 5.07. The number of methoxy groups -OCH3 is 3. The second kappa shape index (κ2) is 9.20. The van der Waals surface area contributed by atoms with Crippen LogP contribution in [0.3, 0.4) is 0 Å². The summed E-state index contributed by atoms with van der Waals surface area (Å²) in [6.45, 7) is 0. The fraction of sp³-hybridized carbons (Fsp3) is 0.115. The molecule has 5 nitrogen and oxygen atoms in total. The maximum Gasteiger partial charge on any atom is 0.193 e. The molecule has 3 aromatic carbocycles. The number of fused-ring (bicyclic) bond motifs is 1. The first-order chi connectivity index (χ1) is 15.5. The fourth-order valence-corrected chi connectivity index (χ4v) is 3.61. The number of rotatable bonds is 6. The molecule has 6 heteroatoms. The Morgan fingerprint density at radius 3 is 2.25 bits per heavy atom. The average molecular weight is 449 g/mol. The van der Waals surface area contributed by atoms with Crippen molar-refractivity contribution >= 4 is 34.7 Å². The van der Waals surface area contributed by atoms with Gasteiger partial charge in [-0.1, -0.05) is 35.9 Å². The summed E-state index contributed by atoms with van der Waals surface area (Å²) in [5.74, 6) is 2.31. The molecule has 0 radical (unpaired) electrons. The molecule has 0 fully saturated rings. The van der Waals surface area contributed by atoms with Crippen molar-refractivity contribution in [3.05, 3.63) is 87.0 Å². The van der Waals surface area contributed by atoms with Crippen LogP contribution in [-0.2, 0) is 0 Å². The van der Waals surface area contributed by atoms with E-state index in [0.717, 1.165) is 16.9 Å². The quantitative estimate of drug-likeness (QED) is 0.323. The van der Waals surface area contributed by atoms with Crippen LogP contribution in [0.5, 0.6) is 17.2 Å². The number of benzene rings is 3. The Balaban J connectivity index is 1.89. The van der Waals surface area contributed by atoms with Gasteiger partial charge in [0.05, 0.1) is 32.3 Å². The molecular weight excluding hydrogens is 428 g/mol. The van der Waals surface area contributed by atoms with E-state index in [1.54, 1.807) is 45.6 Å². The van der Waals surface area contributed by atoms with Gasteiger partial charge in [0.25, 0.3) is 0 Å². The molecule has 4 aromatic rings. The largest absolute Gasteiger partial charge is 0.497 e. The van der Waals surface area contributed by atoms with Crippen molar-refractivity contribution in [3.8, 4) is 28.6 Å². The Kier molecular flexibility index (Phi) is 6.19. The Bertz CT molecular complexity index is 1350. The van der Waals surface area contributed by atoms with E-state index < -0.39 is 0 Å². The minimum Gasteiger partial charge on any atom is -0.497 e. The highest BCUT2D eigenvalue weighted by atomic mass is 35.5. The van der Waals surface area contributed by atoms with Crippen LogP contribution in [0.1, 0.15) is 11.1 Å². The molecule has 0 aliphatic rings. The normalized spacial score (nSPS) is 11.1. The number of ether oxygens (including phenoxy) is 3. The molecule has 0 bridgehead atoms. The molecule has 0 unspecified atom stereocenters. The van der Waals surface area contributed by atoms with Gasteiger partial charge >= 0.3 is 0 Å². The summed E-state index contributed by atoms with van der Waals surface area (Å²) in [7, 11) is 4.78. The minimum atomic E-state index is -0.188. The smallest absolute Gasteiger partial charge is 0.193 e. The van der Waals surface area contributed by atoms with Crippen LogP contribution in [0.25, 0.3) is 34.4 Å². The monoisotopic (exact) mass is 448 g/mol. The fourth-order valence-electron chi connectivity index (χ4n) is 3.44. The average Bonchev–Trinajstić information content (AvgIpc) is 2.82. The molecule has 0 saturated heterocycles. The van der Waals surface area contributed by atoms with E-state index in [0.29, 0.717) is 38.8 Å². The zero-order valence-corrected chi connectivity index (χ0v) is 18.6.